The first-order valence-electron chi connectivity index (χ1n) is 10.1. The predicted octanol–water partition coefficient (Wildman–Crippen LogP) is 6.21. The summed E-state index contributed by atoms with van der Waals surface area (Å²) in [6.45, 7) is 5.84. The summed E-state index contributed by atoms with van der Waals surface area (Å²) in [5, 5.41) is 4.53. The monoisotopic (exact) mass is 500 g/mol. The van der Waals surface area contributed by atoms with Crippen LogP contribution in [0.5, 0.6) is 0 Å². The van der Waals surface area contributed by atoms with Crippen LogP contribution in [0.1, 0.15) is 38.3 Å². The quantitative estimate of drug-likeness (QED) is 0.421. The number of nitrogens with one attached hydrogen (secondary N) is 1. The molecule has 31 heavy (non-hydrogen) atoms. The molecule has 8 heteroatoms. The van der Waals surface area contributed by atoms with Crippen LogP contribution in [-0.4, -0.2) is 34.6 Å². The van der Waals surface area contributed by atoms with Crippen LogP contribution in [0.3, 0.4) is 0 Å². The Morgan fingerprint density at radius 2 is 1.65 bits per heavy atom. The standard InChI is InChI=1S/C23H27Cl3N2O2S/c1-4-21(23(30)27-15(2)3)28(12-18-19(25)6-5-7-20(18)26)22(29)14-31-13-16-8-10-17(24)11-9-16/h5-11,15,21H,4,12-14H2,1-3H3,(H,27,30). The number of thioether (sulfide) groups is 1. The van der Waals surface area contributed by atoms with Crippen LogP contribution in [0, 0.1) is 0 Å². The highest BCUT2D eigenvalue weighted by molar-refractivity contribution is 7.99. The van der Waals surface area contributed by atoms with Crippen LogP contribution in [0.4, 0.5) is 0 Å². The molecule has 2 aromatic carbocycles. The molecule has 168 valence electrons. The van der Waals surface area contributed by atoms with Gasteiger partial charge in [-0.25, -0.2) is 0 Å². The molecule has 0 saturated carbocycles. The smallest absolute Gasteiger partial charge is 0.243 e. The summed E-state index contributed by atoms with van der Waals surface area (Å²) in [5.74, 6) is 0.576. The lowest BCUT2D eigenvalue weighted by atomic mass is 10.1. The lowest BCUT2D eigenvalue weighted by Gasteiger charge is -2.31. The van der Waals surface area contributed by atoms with Gasteiger partial charge in [-0.15, -0.1) is 11.8 Å². The van der Waals surface area contributed by atoms with Gasteiger partial charge in [0.1, 0.15) is 6.04 Å². The summed E-state index contributed by atoms with van der Waals surface area (Å²) < 4.78 is 0. The van der Waals surface area contributed by atoms with E-state index in [1.54, 1.807) is 23.1 Å². The van der Waals surface area contributed by atoms with E-state index in [0.717, 1.165) is 5.56 Å². The first-order chi connectivity index (χ1) is 14.7. The second-order valence-corrected chi connectivity index (χ2v) is 9.66. The van der Waals surface area contributed by atoms with Gasteiger partial charge in [0.2, 0.25) is 11.8 Å². The van der Waals surface area contributed by atoms with E-state index in [1.807, 2.05) is 45.0 Å². The van der Waals surface area contributed by atoms with Crippen molar-refractivity contribution in [3.05, 3.63) is 68.7 Å². The molecule has 0 aliphatic rings. The van der Waals surface area contributed by atoms with Crippen molar-refractivity contribution in [1.82, 2.24) is 10.2 Å². The highest BCUT2D eigenvalue weighted by Gasteiger charge is 2.29. The van der Waals surface area contributed by atoms with E-state index in [9.17, 15) is 9.59 Å². The van der Waals surface area contributed by atoms with Crippen molar-refractivity contribution in [1.29, 1.82) is 0 Å². The second-order valence-electron chi connectivity index (χ2n) is 7.43. The van der Waals surface area contributed by atoms with Gasteiger partial charge in [-0.3, -0.25) is 9.59 Å². The fourth-order valence-electron chi connectivity index (χ4n) is 3.07. The summed E-state index contributed by atoms with van der Waals surface area (Å²) in [6.07, 6.45) is 0.480. The number of nitrogens with zero attached hydrogens (tertiary/aromatic N) is 1. The molecule has 0 radical (unpaired) electrons. The Labute approximate surface area is 203 Å². The van der Waals surface area contributed by atoms with Crippen LogP contribution < -0.4 is 5.32 Å². The summed E-state index contributed by atoms with van der Waals surface area (Å²) >= 11 is 20.1. The third kappa shape index (κ3) is 7.90. The topological polar surface area (TPSA) is 49.4 Å². The third-order valence-corrected chi connectivity index (χ3v) is 6.56. The lowest BCUT2D eigenvalue weighted by molar-refractivity contribution is -0.139. The molecule has 0 heterocycles. The lowest BCUT2D eigenvalue weighted by Crippen LogP contribution is -2.51. The Hall–Kier alpha value is -1.40. The molecular weight excluding hydrogens is 475 g/mol. The number of hydrogen-bond acceptors (Lipinski definition) is 3. The highest BCUT2D eigenvalue weighted by atomic mass is 35.5. The van der Waals surface area contributed by atoms with E-state index < -0.39 is 6.04 Å². The van der Waals surface area contributed by atoms with Gasteiger partial charge in [0, 0.05) is 39.0 Å². The fraction of sp³-hybridized carbons (Fsp3) is 0.391. The molecule has 1 atom stereocenters. The van der Waals surface area contributed by atoms with Crippen LogP contribution in [-0.2, 0) is 21.9 Å². The zero-order valence-corrected chi connectivity index (χ0v) is 20.9. The maximum atomic E-state index is 13.2. The van der Waals surface area contributed by atoms with E-state index in [2.05, 4.69) is 5.32 Å². The number of carbonyl (C=O) groups is 2. The van der Waals surface area contributed by atoms with E-state index in [-0.39, 0.29) is 30.2 Å². The molecule has 0 spiro atoms. The van der Waals surface area contributed by atoms with E-state index in [0.29, 0.717) is 32.8 Å². The van der Waals surface area contributed by atoms with Crippen LogP contribution in [0.25, 0.3) is 0 Å². The maximum absolute atomic E-state index is 13.2. The molecule has 4 nitrogen and oxygen atoms in total. The molecular formula is C23H27Cl3N2O2S. The maximum Gasteiger partial charge on any atom is 0.243 e. The van der Waals surface area contributed by atoms with Crippen molar-refractivity contribution in [3.8, 4) is 0 Å². The van der Waals surface area contributed by atoms with Gasteiger partial charge in [0.25, 0.3) is 0 Å². The minimum Gasteiger partial charge on any atom is -0.352 e. The molecule has 0 aliphatic heterocycles. The molecule has 0 bridgehead atoms. The number of amides is 2. The zero-order valence-electron chi connectivity index (χ0n) is 17.8. The van der Waals surface area contributed by atoms with Crippen LogP contribution in [0.15, 0.2) is 42.5 Å². The van der Waals surface area contributed by atoms with Crippen molar-refractivity contribution in [2.75, 3.05) is 5.75 Å². The summed E-state index contributed by atoms with van der Waals surface area (Å²) in [7, 11) is 0. The van der Waals surface area contributed by atoms with Crippen LogP contribution in [0.2, 0.25) is 15.1 Å². The Bertz CT molecular complexity index is 871. The molecule has 2 rings (SSSR count). The van der Waals surface area contributed by atoms with Crippen LogP contribution >= 0.6 is 46.6 Å². The average molecular weight is 502 g/mol. The van der Waals surface area contributed by atoms with Gasteiger partial charge in [-0.05, 0) is 50.1 Å². The second kappa shape index (κ2) is 12.6. The first kappa shape index (κ1) is 25.9. The molecule has 2 amide bonds. The summed E-state index contributed by atoms with van der Waals surface area (Å²) in [6, 6.07) is 12.1. The third-order valence-electron chi connectivity index (χ3n) is 4.61. The molecule has 1 unspecified atom stereocenters. The molecule has 1 N–H and O–H groups in total. The Balaban J connectivity index is 2.19. The largest absolute Gasteiger partial charge is 0.352 e. The molecule has 0 aliphatic carbocycles. The van der Waals surface area contributed by atoms with E-state index in [4.69, 9.17) is 34.8 Å². The fourth-order valence-corrected chi connectivity index (χ4v) is 4.59. The number of halogens is 3. The first-order valence-corrected chi connectivity index (χ1v) is 12.4. The van der Waals surface area contributed by atoms with Crippen molar-refractivity contribution in [3.63, 3.8) is 0 Å². The van der Waals surface area contributed by atoms with Gasteiger partial charge in [-0.1, -0.05) is 59.9 Å². The molecule has 2 aromatic rings. The number of hydrogen-bond donors (Lipinski definition) is 1. The summed E-state index contributed by atoms with van der Waals surface area (Å²) in [5.41, 5.74) is 1.71. The normalized spacial score (nSPS) is 12.0. The Morgan fingerprint density at radius 1 is 1.03 bits per heavy atom. The number of carbonyl (C=O) groups excluding carboxylic acids is 2. The summed E-state index contributed by atoms with van der Waals surface area (Å²) in [4.78, 5) is 27.6. The molecule has 0 aromatic heterocycles. The van der Waals surface area contributed by atoms with Crippen molar-refractivity contribution in [2.24, 2.45) is 0 Å². The number of rotatable bonds is 10. The van der Waals surface area contributed by atoms with Gasteiger partial charge >= 0.3 is 0 Å². The minimum absolute atomic E-state index is 0.0262. The SMILES string of the molecule is CCC(C(=O)NC(C)C)N(Cc1c(Cl)cccc1Cl)C(=O)CSCc1ccc(Cl)cc1. The van der Waals surface area contributed by atoms with Crippen molar-refractivity contribution in [2.45, 2.75) is 51.6 Å². The van der Waals surface area contributed by atoms with E-state index in [1.165, 1.54) is 11.8 Å². The average Bonchev–Trinajstić information content (AvgIpc) is 2.70. The van der Waals surface area contributed by atoms with Gasteiger partial charge in [0.15, 0.2) is 0 Å². The Kier molecular flexibility index (Phi) is 10.5. The number of benzene rings is 2. The van der Waals surface area contributed by atoms with Gasteiger partial charge in [-0.2, -0.15) is 0 Å². The van der Waals surface area contributed by atoms with Gasteiger partial charge < -0.3 is 10.2 Å². The predicted molar refractivity (Wildman–Crippen MR) is 132 cm³/mol. The van der Waals surface area contributed by atoms with Crippen molar-refractivity contribution < 1.29 is 9.59 Å². The molecule has 0 saturated heterocycles. The molecule has 0 fully saturated rings. The van der Waals surface area contributed by atoms with Gasteiger partial charge in [0.05, 0.1) is 5.75 Å². The van der Waals surface area contributed by atoms with Crippen molar-refractivity contribution >= 4 is 58.4 Å². The highest BCUT2D eigenvalue weighted by Crippen LogP contribution is 2.27. The zero-order chi connectivity index (χ0) is 23.0. The van der Waals surface area contributed by atoms with E-state index >= 15 is 0 Å². The minimum atomic E-state index is -0.613. The Morgan fingerprint density at radius 3 is 2.19 bits per heavy atom.